The van der Waals surface area contributed by atoms with Crippen LogP contribution in [0.15, 0.2) is 27.8 Å². The van der Waals surface area contributed by atoms with Crippen molar-refractivity contribution in [1.82, 2.24) is 9.55 Å². The molecule has 0 saturated carbocycles. The van der Waals surface area contributed by atoms with Crippen LogP contribution in [-0.4, -0.2) is 16.3 Å². The molecule has 0 spiro atoms. The molecule has 1 aliphatic rings. The number of nitrogens with one attached hydrogen (secondary N) is 1. The lowest BCUT2D eigenvalue weighted by Crippen LogP contribution is -2.33. The first-order chi connectivity index (χ1) is 10.6. The van der Waals surface area contributed by atoms with Gasteiger partial charge in [0.05, 0.1) is 11.1 Å². The topological polar surface area (TPSA) is 73.3 Å². The third kappa shape index (κ3) is 1.72. The second-order valence-corrected chi connectivity index (χ2v) is 6.32. The molecular weight excluding hydrogens is 304 g/mol. The minimum absolute atomic E-state index is 0.145. The zero-order valence-corrected chi connectivity index (χ0v) is 12.7. The third-order valence-corrected chi connectivity index (χ3v) is 4.96. The van der Waals surface area contributed by atoms with Gasteiger partial charge in [-0.05, 0) is 31.5 Å². The van der Waals surface area contributed by atoms with Gasteiger partial charge in [0.2, 0.25) is 6.79 Å². The highest BCUT2D eigenvalue weighted by Crippen LogP contribution is 2.33. The second kappa shape index (κ2) is 4.48. The first kappa shape index (κ1) is 13.1. The third-order valence-electron chi connectivity index (χ3n) is 3.84. The van der Waals surface area contributed by atoms with Gasteiger partial charge in [-0.15, -0.1) is 11.3 Å². The summed E-state index contributed by atoms with van der Waals surface area (Å²) in [4.78, 5) is 29.5. The van der Waals surface area contributed by atoms with Crippen LogP contribution < -0.4 is 20.7 Å². The lowest BCUT2D eigenvalue weighted by molar-refractivity contribution is 0.174. The van der Waals surface area contributed by atoms with Crippen molar-refractivity contribution < 1.29 is 9.47 Å². The van der Waals surface area contributed by atoms with Gasteiger partial charge in [-0.25, -0.2) is 9.36 Å². The molecule has 1 aliphatic heterocycles. The lowest BCUT2D eigenvalue weighted by Gasteiger charge is -2.06. The molecular formula is C15H12N2O4S. The zero-order valence-electron chi connectivity index (χ0n) is 11.9. The van der Waals surface area contributed by atoms with Gasteiger partial charge in [0, 0.05) is 10.9 Å². The molecule has 3 aromatic rings. The minimum Gasteiger partial charge on any atom is -0.454 e. The van der Waals surface area contributed by atoms with E-state index in [1.165, 1.54) is 11.3 Å². The molecule has 2 aromatic heterocycles. The molecule has 0 saturated heterocycles. The predicted molar refractivity (Wildman–Crippen MR) is 83.6 cm³/mol. The number of hydrogen-bond acceptors (Lipinski definition) is 5. The van der Waals surface area contributed by atoms with E-state index in [0.717, 1.165) is 15.0 Å². The van der Waals surface area contributed by atoms with Crippen LogP contribution in [0.25, 0.3) is 15.9 Å². The molecule has 112 valence electrons. The largest absolute Gasteiger partial charge is 0.454 e. The summed E-state index contributed by atoms with van der Waals surface area (Å²) in [5, 5.41) is 0.555. The molecule has 6 nitrogen and oxygen atoms in total. The Labute approximate surface area is 128 Å². The fraction of sp³-hybridized carbons (Fsp3) is 0.200. The molecule has 3 heterocycles. The van der Waals surface area contributed by atoms with Crippen LogP contribution >= 0.6 is 11.3 Å². The minimum atomic E-state index is -0.461. The first-order valence-corrected chi connectivity index (χ1v) is 7.53. The van der Waals surface area contributed by atoms with Gasteiger partial charge in [0.15, 0.2) is 11.5 Å². The number of fused-ring (bicyclic) bond motifs is 2. The van der Waals surface area contributed by atoms with E-state index in [1.807, 2.05) is 13.8 Å². The standard InChI is InChI=1S/C15H12N2O4S/c1-7-8(2)22-13-12(7)14(18)17(15(19)16-13)9-3-4-10-11(5-9)21-6-20-10/h3-5H,6H2,1-2H3,(H,16,19). The van der Waals surface area contributed by atoms with E-state index in [0.29, 0.717) is 27.4 Å². The van der Waals surface area contributed by atoms with Crippen molar-refractivity contribution in [3.05, 3.63) is 49.5 Å². The Morgan fingerprint density at radius 1 is 1.18 bits per heavy atom. The van der Waals surface area contributed by atoms with E-state index < -0.39 is 5.69 Å². The molecule has 1 N–H and O–H groups in total. The number of aromatic nitrogens is 2. The highest BCUT2D eigenvalue weighted by molar-refractivity contribution is 7.18. The van der Waals surface area contributed by atoms with Gasteiger partial charge in [-0.2, -0.15) is 0 Å². The van der Waals surface area contributed by atoms with Gasteiger partial charge in [0.1, 0.15) is 4.83 Å². The van der Waals surface area contributed by atoms with Crippen molar-refractivity contribution in [2.75, 3.05) is 6.79 Å². The molecule has 4 rings (SSSR count). The number of aryl methyl sites for hydroxylation is 2. The van der Waals surface area contributed by atoms with Crippen molar-refractivity contribution in [3.8, 4) is 17.2 Å². The monoisotopic (exact) mass is 316 g/mol. The Kier molecular flexibility index (Phi) is 2.67. The van der Waals surface area contributed by atoms with Crippen molar-refractivity contribution in [2.24, 2.45) is 0 Å². The molecule has 1 aromatic carbocycles. The summed E-state index contributed by atoms with van der Waals surface area (Å²) in [6.07, 6.45) is 0. The Hall–Kier alpha value is -2.54. The number of H-pyrrole nitrogens is 1. The molecule has 0 aliphatic carbocycles. The van der Waals surface area contributed by atoms with E-state index in [1.54, 1.807) is 18.2 Å². The normalized spacial score (nSPS) is 13.0. The number of aromatic amines is 1. The molecule has 0 atom stereocenters. The summed E-state index contributed by atoms with van der Waals surface area (Å²) >= 11 is 1.42. The number of ether oxygens (including phenoxy) is 2. The number of rotatable bonds is 1. The number of hydrogen-bond donors (Lipinski definition) is 1. The van der Waals surface area contributed by atoms with Crippen molar-refractivity contribution >= 4 is 21.6 Å². The Morgan fingerprint density at radius 3 is 2.77 bits per heavy atom. The van der Waals surface area contributed by atoms with Crippen LogP contribution in [0.2, 0.25) is 0 Å². The summed E-state index contributed by atoms with van der Waals surface area (Å²) in [5.74, 6) is 1.14. The quantitative estimate of drug-likeness (QED) is 0.746. The van der Waals surface area contributed by atoms with Crippen LogP contribution in [-0.2, 0) is 0 Å². The van der Waals surface area contributed by atoms with Gasteiger partial charge < -0.3 is 9.47 Å². The molecule has 22 heavy (non-hydrogen) atoms. The Balaban J connectivity index is 2.05. The summed E-state index contributed by atoms with van der Waals surface area (Å²) in [6.45, 7) is 3.96. The number of thiophene rings is 1. The van der Waals surface area contributed by atoms with Gasteiger partial charge in [-0.3, -0.25) is 9.78 Å². The Bertz CT molecular complexity index is 1030. The van der Waals surface area contributed by atoms with Crippen molar-refractivity contribution in [3.63, 3.8) is 0 Å². The van der Waals surface area contributed by atoms with E-state index in [2.05, 4.69) is 4.98 Å². The summed E-state index contributed by atoms with van der Waals surface area (Å²) in [5.41, 5.74) is 0.577. The highest BCUT2D eigenvalue weighted by Gasteiger charge is 2.18. The molecule has 7 heteroatoms. The van der Waals surface area contributed by atoms with Gasteiger partial charge in [0.25, 0.3) is 5.56 Å². The van der Waals surface area contributed by atoms with Gasteiger partial charge >= 0.3 is 5.69 Å². The molecule has 0 bridgehead atoms. The second-order valence-electron chi connectivity index (χ2n) is 5.10. The maximum atomic E-state index is 12.8. The van der Waals surface area contributed by atoms with E-state index >= 15 is 0 Å². The summed E-state index contributed by atoms with van der Waals surface area (Å²) in [6, 6.07) is 5.00. The van der Waals surface area contributed by atoms with Crippen LogP contribution in [0.1, 0.15) is 10.4 Å². The average molecular weight is 316 g/mol. The highest BCUT2D eigenvalue weighted by atomic mass is 32.1. The summed E-state index contributed by atoms with van der Waals surface area (Å²) < 4.78 is 11.7. The maximum absolute atomic E-state index is 12.8. The molecule has 0 fully saturated rings. The van der Waals surface area contributed by atoms with Crippen molar-refractivity contribution in [2.45, 2.75) is 13.8 Å². The number of benzene rings is 1. The zero-order chi connectivity index (χ0) is 15.4. The van der Waals surface area contributed by atoms with E-state index in [4.69, 9.17) is 9.47 Å². The van der Waals surface area contributed by atoms with E-state index in [-0.39, 0.29) is 12.4 Å². The van der Waals surface area contributed by atoms with E-state index in [9.17, 15) is 9.59 Å². The fourth-order valence-corrected chi connectivity index (χ4v) is 3.63. The smallest absolute Gasteiger partial charge is 0.334 e. The Morgan fingerprint density at radius 2 is 1.95 bits per heavy atom. The molecule has 0 radical (unpaired) electrons. The SMILES string of the molecule is Cc1sc2[nH]c(=O)n(-c3ccc4c(c3)OCO4)c(=O)c2c1C. The van der Waals surface area contributed by atoms with Crippen molar-refractivity contribution in [1.29, 1.82) is 0 Å². The maximum Gasteiger partial charge on any atom is 0.334 e. The fourth-order valence-electron chi connectivity index (χ4n) is 2.59. The van der Waals surface area contributed by atoms with Crippen LogP contribution in [0.4, 0.5) is 0 Å². The number of nitrogens with zero attached hydrogens (tertiary/aromatic N) is 1. The first-order valence-electron chi connectivity index (χ1n) is 6.71. The lowest BCUT2D eigenvalue weighted by atomic mass is 10.2. The average Bonchev–Trinajstić information content (AvgIpc) is 3.04. The van der Waals surface area contributed by atoms with Gasteiger partial charge in [-0.1, -0.05) is 0 Å². The van der Waals surface area contributed by atoms with Crippen LogP contribution in [0.3, 0.4) is 0 Å². The predicted octanol–water partition coefficient (Wildman–Crippen LogP) is 2.09. The van der Waals surface area contributed by atoms with Crippen LogP contribution in [0.5, 0.6) is 11.5 Å². The van der Waals surface area contributed by atoms with Crippen LogP contribution in [0, 0.1) is 13.8 Å². The summed E-state index contributed by atoms with van der Waals surface area (Å²) in [7, 11) is 0. The molecule has 0 amide bonds. The molecule has 0 unspecified atom stereocenters.